The molecule has 1 atom stereocenters. The van der Waals surface area contributed by atoms with Gasteiger partial charge in [-0.1, -0.05) is 0 Å². The predicted octanol–water partition coefficient (Wildman–Crippen LogP) is 1.38. The van der Waals surface area contributed by atoms with Crippen LogP contribution in [0.1, 0.15) is 23.7 Å². The van der Waals surface area contributed by atoms with Crippen LogP contribution in [0.25, 0.3) is 0 Å². The Labute approximate surface area is 79.3 Å². The van der Waals surface area contributed by atoms with Crippen molar-refractivity contribution in [2.45, 2.75) is 26.3 Å². The first-order valence-corrected chi connectivity index (χ1v) is 4.87. The monoisotopic (exact) mass is 179 g/mol. The molecular weight excluding hydrogens is 162 g/mol. The van der Waals surface area contributed by atoms with Gasteiger partial charge in [0.25, 0.3) is 0 Å². The molecule has 0 spiro atoms. The molecule has 3 heteroatoms. The van der Waals surface area contributed by atoms with Crippen LogP contribution in [0.5, 0.6) is 0 Å². The van der Waals surface area contributed by atoms with Crippen LogP contribution in [0.15, 0.2) is 6.20 Å². The molecule has 1 saturated heterocycles. The van der Waals surface area contributed by atoms with Crippen LogP contribution in [0.4, 0.5) is 0 Å². The molecule has 1 fully saturated rings. The Kier molecular flexibility index (Phi) is 2.12. The first-order valence-electron chi connectivity index (χ1n) is 4.87. The van der Waals surface area contributed by atoms with E-state index < -0.39 is 0 Å². The lowest BCUT2D eigenvalue weighted by Crippen LogP contribution is -2.17. The Morgan fingerprint density at radius 2 is 2.23 bits per heavy atom. The second kappa shape index (κ2) is 3.14. The van der Waals surface area contributed by atoms with Crippen molar-refractivity contribution in [3.05, 3.63) is 17.5 Å². The van der Waals surface area contributed by atoms with Crippen molar-refractivity contribution in [1.29, 1.82) is 0 Å². The molecule has 0 radical (unpaired) electrons. The highest BCUT2D eigenvalue weighted by Gasteiger charge is 2.22. The van der Waals surface area contributed by atoms with E-state index in [1.165, 1.54) is 24.2 Å². The molecule has 0 amide bonds. The minimum absolute atomic E-state index is 0.596. The Morgan fingerprint density at radius 1 is 1.46 bits per heavy atom. The largest absolute Gasteiger partial charge is 0.304 e. The van der Waals surface area contributed by atoms with E-state index in [0.717, 1.165) is 6.54 Å². The van der Waals surface area contributed by atoms with E-state index in [1.54, 1.807) is 0 Å². The van der Waals surface area contributed by atoms with Crippen LogP contribution in [-0.4, -0.2) is 34.8 Å². The molecule has 2 rings (SSSR count). The van der Waals surface area contributed by atoms with E-state index in [2.05, 4.69) is 35.6 Å². The second-order valence-electron chi connectivity index (χ2n) is 4.06. The fourth-order valence-corrected chi connectivity index (χ4v) is 1.99. The highest BCUT2D eigenvalue weighted by Crippen LogP contribution is 2.21. The molecule has 72 valence electrons. The van der Waals surface area contributed by atoms with Crippen LogP contribution >= 0.6 is 0 Å². The molecule has 1 unspecified atom stereocenters. The molecule has 3 nitrogen and oxygen atoms in total. The molecule has 0 aliphatic carbocycles. The summed E-state index contributed by atoms with van der Waals surface area (Å²) in [5.74, 6) is 0. The zero-order valence-electron chi connectivity index (χ0n) is 8.62. The van der Waals surface area contributed by atoms with Crippen molar-refractivity contribution in [3.63, 3.8) is 0 Å². The van der Waals surface area contributed by atoms with Gasteiger partial charge in [0.05, 0.1) is 12.2 Å². The van der Waals surface area contributed by atoms with Gasteiger partial charge in [-0.25, -0.2) is 0 Å². The van der Waals surface area contributed by atoms with E-state index in [-0.39, 0.29) is 0 Å². The van der Waals surface area contributed by atoms with Gasteiger partial charge in [0, 0.05) is 12.2 Å². The third-order valence-electron chi connectivity index (χ3n) is 3.00. The van der Waals surface area contributed by atoms with Crippen molar-refractivity contribution in [2.75, 3.05) is 20.1 Å². The summed E-state index contributed by atoms with van der Waals surface area (Å²) in [4.78, 5) is 2.36. The van der Waals surface area contributed by atoms with Crippen LogP contribution in [-0.2, 0) is 0 Å². The van der Waals surface area contributed by atoms with Crippen LogP contribution in [0, 0.1) is 13.8 Å². The second-order valence-corrected chi connectivity index (χ2v) is 4.06. The first-order chi connectivity index (χ1) is 6.18. The van der Waals surface area contributed by atoms with Gasteiger partial charge in [-0.15, -0.1) is 0 Å². The third kappa shape index (κ3) is 1.48. The summed E-state index contributed by atoms with van der Waals surface area (Å²) in [6, 6.07) is 0.596. The van der Waals surface area contributed by atoms with E-state index >= 15 is 0 Å². The molecule has 0 bridgehead atoms. The standard InChI is InChI=1S/C10H17N3/c1-8-6-11-13(9(8)2)10-4-5-12(3)7-10/h6,10H,4-5,7H2,1-3H3. The number of hydrogen-bond acceptors (Lipinski definition) is 2. The van der Waals surface area contributed by atoms with Crippen LogP contribution in [0.3, 0.4) is 0 Å². The van der Waals surface area contributed by atoms with Gasteiger partial charge in [0.1, 0.15) is 0 Å². The van der Waals surface area contributed by atoms with Crippen molar-refractivity contribution < 1.29 is 0 Å². The van der Waals surface area contributed by atoms with Crippen molar-refractivity contribution in [3.8, 4) is 0 Å². The molecule has 0 N–H and O–H groups in total. The summed E-state index contributed by atoms with van der Waals surface area (Å²) < 4.78 is 2.18. The Hall–Kier alpha value is -0.830. The Morgan fingerprint density at radius 3 is 2.69 bits per heavy atom. The Balaban J connectivity index is 2.21. The summed E-state index contributed by atoms with van der Waals surface area (Å²) in [5.41, 5.74) is 2.62. The number of rotatable bonds is 1. The SMILES string of the molecule is Cc1cnn(C2CCN(C)C2)c1C. The summed E-state index contributed by atoms with van der Waals surface area (Å²) in [6.07, 6.45) is 3.20. The first kappa shape index (κ1) is 8.75. The number of nitrogens with zero attached hydrogens (tertiary/aromatic N) is 3. The van der Waals surface area contributed by atoms with Gasteiger partial charge in [0.2, 0.25) is 0 Å². The van der Waals surface area contributed by atoms with Gasteiger partial charge in [-0.3, -0.25) is 4.68 Å². The molecular formula is C10H17N3. The summed E-state index contributed by atoms with van der Waals surface area (Å²) >= 11 is 0. The van der Waals surface area contributed by atoms with E-state index in [4.69, 9.17) is 0 Å². The maximum absolute atomic E-state index is 4.42. The van der Waals surface area contributed by atoms with Gasteiger partial charge in [0.15, 0.2) is 0 Å². The lowest BCUT2D eigenvalue weighted by molar-refractivity contribution is 0.379. The summed E-state index contributed by atoms with van der Waals surface area (Å²) in [7, 11) is 2.17. The fourth-order valence-electron chi connectivity index (χ4n) is 1.99. The maximum atomic E-state index is 4.42. The third-order valence-corrected chi connectivity index (χ3v) is 3.00. The van der Waals surface area contributed by atoms with E-state index in [0.29, 0.717) is 6.04 Å². The quantitative estimate of drug-likeness (QED) is 0.649. The number of likely N-dealkylation sites (N-methyl/N-ethyl adjacent to an activating group) is 1. The minimum Gasteiger partial charge on any atom is -0.304 e. The van der Waals surface area contributed by atoms with Crippen molar-refractivity contribution >= 4 is 0 Å². The number of aryl methyl sites for hydroxylation is 1. The number of likely N-dealkylation sites (tertiary alicyclic amines) is 1. The smallest absolute Gasteiger partial charge is 0.0661 e. The number of aromatic nitrogens is 2. The molecule has 0 saturated carbocycles. The van der Waals surface area contributed by atoms with E-state index in [1.807, 2.05) is 6.20 Å². The van der Waals surface area contributed by atoms with Gasteiger partial charge in [-0.2, -0.15) is 5.10 Å². The zero-order valence-corrected chi connectivity index (χ0v) is 8.62. The topological polar surface area (TPSA) is 21.1 Å². The zero-order chi connectivity index (χ0) is 9.42. The predicted molar refractivity (Wildman–Crippen MR) is 52.9 cm³/mol. The number of hydrogen-bond donors (Lipinski definition) is 0. The Bertz CT molecular complexity index is 303. The molecule has 1 aliphatic rings. The molecule has 0 aromatic carbocycles. The molecule has 1 aliphatic heterocycles. The lowest BCUT2D eigenvalue weighted by atomic mass is 10.2. The van der Waals surface area contributed by atoms with Crippen LogP contribution < -0.4 is 0 Å². The van der Waals surface area contributed by atoms with Crippen LogP contribution in [0.2, 0.25) is 0 Å². The molecule has 1 aromatic rings. The molecule has 1 aromatic heterocycles. The fraction of sp³-hybridized carbons (Fsp3) is 0.700. The molecule has 13 heavy (non-hydrogen) atoms. The minimum atomic E-state index is 0.596. The normalized spacial score (nSPS) is 24.1. The van der Waals surface area contributed by atoms with Gasteiger partial charge < -0.3 is 4.90 Å². The lowest BCUT2D eigenvalue weighted by Gasteiger charge is -2.13. The van der Waals surface area contributed by atoms with Gasteiger partial charge >= 0.3 is 0 Å². The molecule has 2 heterocycles. The summed E-state index contributed by atoms with van der Waals surface area (Å²) in [6.45, 7) is 6.61. The average molecular weight is 179 g/mol. The summed E-state index contributed by atoms with van der Waals surface area (Å²) in [5, 5.41) is 4.42. The highest BCUT2D eigenvalue weighted by atomic mass is 15.3. The maximum Gasteiger partial charge on any atom is 0.0661 e. The van der Waals surface area contributed by atoms with Gasteiger partial charge in [-0.05, 0) is 39.4 Å². The average Bonchev–Trinajstić information content (AvgIpc) is 2.62. The highest BCUT2D eigenvalue weighted by molar-refractivity contribution is 5.14. The van der Waals surface area contributed by atoms with Crippen molar-refractivity contribution in [1.82, 2.24) is 14.7 Å². The van der Waals surface area contributed by atoms with E-state index in [9.17, 15) is 0 Å². The van der Waals surface area contributed by atoms with Crippen molar-refractivity contribution in [2.24, 2.45) is 0 Å².